The second-order valence-electron chi connectivity index (χ2n) is 6.18. The molecule has 1 aliphatic heterocycles. The molecule has 7 nitrogen and oxygen atoms in total. The molecule has 1 aliphatic rings. The van der Waals surface area contributed by atoms with Crippen molar-refractivity contribution in [3.63, 3.8) is 0 Å². The lowest BCUT2D eigenvalue weighted by Gasteiger charge is -2.22. The number of ether oxygens (including phenoxy) is 1. The average Bonchev–Trinajstić information content (AvgIpc) is 3.07. The van der Waals surface area contributed by atoms with Gasteiger partial charge in [-0.15, -0.1) is 17.5 Å². The lowest BCUT2D eigenvalue weighted by Crippen LogP contribution is -2.29. The quantitative estimate of drug-likeness (QED) is 0.851. The Morgan fingerprint density at radius 3 is 2.76 bits per heavy atom. The third-order valence-electron chi connectivity index (χ3n) is 3.92. The predicted octanol–water partition coefficient (Wildman–Crippen LogP) is 2.66. The van der Waals surface area contributed by atoms with E-state index >= 15 is 0 Å². The zero-order valence-electron chi connectivity index (χ0n) is 14.4. The minimum atomic E-state index is -0.282. The number of benzene rings is 1. The van der Waals surface area contributed by atoms with Gasteiger partial charge in [0.2, 0.25) is 0 Å². The lowest BCUT2D eigenvalue weighted by atomic mass is 10.1. The second kappa shape index (κ2) is 8.82. The predicted molar refractivity (Wildman–Crippen MR) is 98.6 cm³/mol. The number of nitrogens with zero attached hydrogens (tertiary/aromatic N) is 3. The van der Waals surface area contributed by atoms with Crippen molar-refractivity contribution in [3.8, 4) is 5.75 Å². The van der Waals surface area contributed by atoms with Crippen molar-refractivity contribution in [3.05, 3.63) is 36.2 Å². The van der Waals surface area contributed by atoms with Gasteiger partial charge in [-0.05, 0) is 51.9 Å². The second-order valence-corrected chi connectivity index (χ2v) is 6.18. The van der Waals surface area contributed by atoms with Gasteiger partial charge in [-0.2, -0.15) is 0 Å². The van der Waals surface area contributed by atoms with E-state index in [9.17, 15) is 4.79 Å². The number of amides is 1. The van der Waals surface area contributed by atoms with Crippen LogP contribution in [-0.2, 0) is 0 Å². The van der Waals surface area contributed by atoms with Gasteiger partial charge in [0.15, 0.2) is 5.69 Å². The smallest absolute Gasteiger partial charge is 0.277 e. The molecule has 2 aromatic rings. The Hall–Kier alpha value is -2.12. The number of halogens is 1. The Bertz CT molecular complexity index is 698. The van der Waals surface area contributed by atoms with E-state index in [4.69, 9.17) is 4.74 Å². The van der Waals surface area contributed by atoms with E-state index in [-0.39, 0.29) is 24.4 Å². The number of rotatable bonds is 5. The molecule has 1 saturated heterocycles. The summed E-state index contributed by atoms with van der Waals surface area (Å²) in [5, 5.41) is 14.3. The Kier molecular flexibility index (Phi) is 6.78. The summed E-state index contributed by atoms with van der Waals surface area (Å²) in [5.41, 5.74) is 0.945. The third-order valence-corrected chi connectivity index (χ3v) is 3.92. The fraction of sp³-hybridized carbons (Fsp3) is 0.471. The van der Waals surface area contributed by atoms with Crippen LogP contribution in [0.15, 0.2) is 30.5 Å². The topological polar surface area (TPSA) is 81.1 Å². The van der Waals surface area contributed by atoms with Crippen molar-refractivity contribution in [2.24, 2.45) is 0 Å². The van der Waals surface area contributed by atoms with Gasteiger partial charge in [-0.1, -0.05) is 17.3 Å². The molecule has 0 atom stereocenters. The highest BCUT2D eigenvalue weighted by Crippen LogP contribution is 2.25. The molecule has 1 amide bonds. The first-order chi connectivity index (χ1) is 11.6. The van der Waals surface area contributed by atoms with Gasteiger partial charge < -0.3 is 15.4 Å². The SMILES string of the molecule is CC(C)Oc1ccccc1NC(=O)c1cn(C2CCNCC2)nn1.Cl. The van der Waals surface area contributed by atoms with Gasteiger partial charge in [0, 0.05) is 0 Å². The van der Waals surface area contributed by atoms with Crippen molar-refractivity contribution < 1.29 is 9.53 Å². The van der Waals surface area contributed by atoms with Crippen molar-refractivity contribution >= 4 is 24.0 Å². The molecule has 25 heavy (non-hydrogen) atoms. The van der Waals surface area contributed by atoms with Crippen LogP contribution in [0.2, 0.25) is 0 Å². The number of carbonyl (C=O) groups excluding carboxylic acids is 1. The van der Waals surface area contributed by atoms with E-state index in [1.807, 2.05) is 38.1 Å². The van der Waals surface area contributed by atoms with Crippen molar-refractivity contribution in [2.45, 2.75) is 38.8 Å². The maximum absolute atomic E-state index is 12.5. The summed E-state index contributed by atoms with van der Waals surface area (Å²) in [6.07, 6.45) is 3.74. The zero-order chi connectivity index (χ0) is 16.9. The molecule has 2 heterocycles. The van der Waals surface area contributed by atoms with E-state index in [0.29, 0.717) is 23.2 Å². The molecule has 0 aliphatic carbocycles. The summed E-state index contributed by atoms with van der Waals surface area (Å²) < 4.78 is 7.52. The largest absolute Gasteiger partial charge is 0.489 e. The van der Waals surface area contributed by atoms with Gasteiger partial charge >= 0.3 is 0 Å². The molecule has 1 aromatic carbocycles. The first-order valence-corrected chi connectivity index (χ1v) is 8.33. The molecule has 0 spiro atoms. The first kappa shape index (κ1) is 19.2. The number of anilines is 1. The first-order valence-electron chi connectivity index (χ1n) is 8.33. The van der Waals surface area contributed by atoms with Crippen LogP contribution < -0.4 is 15.4 Å². The number of hydrogen-bond acceptors (Lipinski definition) is 5. The van der Waals surface area contributed by atoms with Crippen LogP contribution >= 0.6 is 12.4 Å². The van der Waals surface area contributed by atoms with Crippen LogP contribution in [0.25, 0.3) is 0 Å². The van der Waals surface area contributed by atoms with Gasteiger partial charge in [0.1, 0.15) is 5.75 Å². The van der Waals surface area contributed by atoms with E-state index in [1.165, 1.54) is 0 Å². The maximum Gasteiger partial charge on any atom is 0.277 e. The Balaban J connectivity index is 0.00000225. The van der Waals surface area contributed by atoms with Gasteiger partial charge in [0.25, 0.3) is 5.91 Å². The van der Waals surface area contributed by atoms with Gasteiger partial charge in [0.05, 0.1) is 24.0 Å². The fourth-order valence-electron chi connectivity index (χ4n) is 2.74. The van der Waals surface area contributed by atoms with Crippen molar-refractivity contribution in [2.75, 3.05) is 18.4 Å². The Morgan fingerprint density at radius 2 is 2.04 bits per heavy atom. The summed E-state index contributed by atoms with van der Waals surface area (Å²) in [5.74, 6) is 0.363. The van der Waals surface area contributed by atoms with Gasteiger partial charge in [-0.25, -0.2) is 4.68 Å². The molecule has 0 bridgehead atoms. The van der Waals surface area contributed by atoms with E-state index < -0.39 is 0 Å². The normalized spacial score (nSPS) is 14.8. The summed E-state index contributed by atoms with van der Waals surface area (Å²) in [7, 11) is 0. The number of para-hydroxylation sites is 2. The van der Waals surface area contributed by atoms with Crippen LogP contribution in [0.3, 0.4) is 0 Å². The molecule has 8 heteroatoms. The molecule has 136 valence electrons. The van der Waals surface area contributed by atoms with Crippen molar-refractivity contribution in [1.82, 2.24) is 20.3 Å². The standard InChI is InChI=1S/C17H23N5O2.ClH/c1-12(2)24-16-6-4-3-5-14(16)19-17(23)15-11-22(21-20-15)13-7-9-18-10-8-13;/h3-6,11-13,18H,7-10H2,1-2H3,(H,19,23);1H. The van der Waals surface area contributed by atoms with E-state index in [0.717, 1.165) is 25.9 Å². The minimum absolute atomic E-state index is 0. The lowest BCUT2D eigenvalue weighted by molar-refractivity contribution is 0.102. The maximum atomic E-state index is 12.5. The molecule has 2 N–H and O–H groups in total. The Labute approximate surface area is 153 Å². The molecule has 3 rings (SSSR count). The fourth-order valence-corrected chi connectivity index (χ4v) is 2.74. The molecule has 1 aromatic heterocycles. The number of nitrogens with one attached hydrogen (secondary N) is 2. The summed E-state index contributed by atoms with van der Waals surface area (Å²) in [4.78, 5) is 12.5. The van der Waals surface area contributed by atoms with Gasteiger partial charge in [-0.3, -0.25) is 4.79 Å². The molecule has 0 radical (unpaired) electrons. The average molecular weight is 366 g/mol. The zero-order valence-corrected chi connectivity index (χ0v) is 15.3. The van der Waals surface area contributed by atoms with Crippen LogP contribution in [0.5, 0.6) is 5.75 Å². The molecule has 1 fully saturated rings. The van der Waals surface area contributed by atoms with E-state index in [2.05, 4.69) is 20.9 Å². The highest BCUT2D eigenvalue weighted by Gasteiger charge is 2.19. The van der Waals surface area contributed by atoms with E-state index in [1.54, 1.807) is 10.9 Å². The molecular formula is C17H24ClN5O2. The van der Waals surface area contributed by atoms with Crippen molar-refractivity contribution in [1.29, 1.82) is 0 Å². The van der Waals surface area contributed by atoms with Crippen LogP contribution in [-0.4, -0.2) is 40.1 Å². The summed E-state index contributed by atoms with van der Waals surface area (Å²) in [6, 6.07) is 7.68. The minimum Gasteiger partial charge on any atom is -0.489 e. The highest BCUT2D eigenvalue weighted by atomic mass is 35.5. The Morgan fingerprint density at radius 1 is 1.32 bits per heavy atom. The van der Waals surface area contributed by atoms with Crippen LogP contribution in [0.1, 0.15) is 43.2 Å². The van der Waals surface area contributed by atoms with Crippen LogP contribution in [0, 0.1) is 0 Å². The number of piperidine rings is 1. The number of hydrogen-bond donors (Lipinski definition) is 2. The molecule has 0 unspecified atom stereocenters. The monoisotopic (exact) mass is 365 g/mol. The molecular weight excluding hydrogens is 342 g/mol. The number of aromatic nitrogens is 3. The number of carbonyl (C=O) groups is 1. The third kappa shape index (κ3) is 4.93. The molecule has 0 saturated carbocycles. The highest BCUT2D eigenvalue weighted by molar-refractivity contribution is 6.03. The summed E-state index contributed by atoms with van der Waals surface area (Å²) in [6.45, 7) is 5.82. The van der Waals surface area contributed by atoms with Crippen LogP contribution in [0.4, 0.5) is 5.69 Å². The summed E-state index contributed by atoms with van der Waals surface area (Å²) >= 11 is 0.